The Morgan fingerprint density at radius 2 is 2.12 bits per heavy atom. The molecule has 1 heterocycles. The zero-order chi connectivity index (χ0) is 12.3. The lowest BCUT2D eigenvalue weighted by atomic mass is 10.0. The molecule has 90 valence electrons. The molecule has 0 saturated carbocycles. The van der Waals surface area contributed by atoms with Gasteiger partial charge in [-0.3, -0.25) is 5.10 Å². The number of nitrogens with zero attached hydrogens (tertiary/aromatic N) is 1. The molecule has 1 atom stereocenters. The van der Waals surface area contributed by atoms with Crippen LogP contribution < -0.4 is 15.2 Å². The molecule has 0 spiro atoms. The highest BCUT2D eigenvalue weighted by Crippen LogP contribution is 2.31. The summed E-state index contributed by atoms with van der Waals surface area (Å²) in [4.78, 5) is 0. The molecule has 0 bridgehead atoms. The standard InChI is InChI=1S/C12H15N3O2/c1-16-9-3-4-10(11(5-9)17-2)12(13)8-6-14-15-7-8/h3-7,12H,13H2,1-2H3,(H,14,15). The van der Waals surface area contributed by atoms with E-state index in [2.05, 4.69) is 10.2 Å². The van der Waals surface area contributed by atoms with Gasteiger partial charge in [-0.25, -0.2) is 0 Å². The lowest BCUT2D eigenvalue weighted by Crippen LogP contribution is -2.12. The average molecular weight is 233 g/mol. The summed E-state index contributed by atoms with van der Waals surface area (Å²) in [6.45, 7) is 0. The number of nitrogens with one attached hydrogen (secondary N) is 1. The van der Waals surface area contributed by atoms with Crippen molar-refractivity contribution in [2.24, 2.45) is 5.73 Å². The van der Waals surface area contributed by atoms with Crippen LogP contribution in [0.25, 0.3) is 0 Å². The molecule has 1 aromatic carbocycles. The van der Waals surface area contributed by atoms with Gasteiger partial charge in [-0.05, 0) is 12.1 Å². The van der Waals surface area contributed by atoms with Gasteiger partial charge in [0.1, 0.15) is 11.5 Å². The van der Waals surface area contributed by atoms with Gasteiger partial charge in [0.05, 0.1) is 26.5 Å². The first-order valence-electron chi connectivity index (χ1n) is 5.22. The highest BCUT2D eigenvalue weighted by molar-refractivity contribution is 5.45. The maximum Gasteiger partial charge on any atom is 0.127 e. The lowest BCUT2D eigenvalue weighted by molar-refractivity contribution is 0.390. The lowest BCUT2D eigenvalue weighted by Gasteiger charge is -2.15. The van der Waals surface area contributed by atoms with Gasteiger partial charge >= 0.3 is 0 Å². The van der Waals surface area contributed by atoms with Crippen molar-refractivity contribution in [2.45, 2.75) is 6.04 Å². The van der Waals surface area contributed by atoms with E-state index in [1.54, 1.807) is 26.6 Å². The molecule has 5 nitrogen and oxygen atoms in total. The van der Waals surface area contributed by atoms with Gasteiger partial charge < -0.3 is 15.2 Å². The van der Waals surface area contributed by atoms with Crippen molar-refractivity contribution < 1.29 is 9.47 Å². The first kappa shape index (κ1) is 11.5. The van der Waals surface area contributed by atoms with E-state index in [-0.39, 0.29) is 6.04 Å². The Morgan fingerprint density at radius 1 is 1.29 bits per heavy atom. The minimum atomic E-state index is -0.269. The molecule has 0 radical (unpaired) electrons. The van der Waals surface area contributed by atoms with Crippen molar-refractivity contribution in [3.63, 3.8) is 0 Å². The Morgan fingerprint density at radius 3 is 2.71 bits per heavy atom. The number of aromatic nitrogens is 2. The van der Waals surface area contributed by atoms with E-state index in [9.17, 15) is 0 Å². The molecule has 2 aromatic rings. The molecule has 5 heteroatoms. The van der Waals surface area contributed by atoms with Crippen LogP contribution in [-0.2, 0) is 0 Å². The number of nitrogens with two attached hydrogens (primary N) is 1. The van der Waals surface area contributed by atoms with Crippen molar-refractivity contribution in [1.29, 1.82) is 0 Å². The number of H-pyrrole nitrogens is 1. The van der Waals surface area contributed by atoms with Crippen LogP contribution in [0, 0.1) is 0 Å². The maximum absolute atomic E-state index is 6.15. The number of benzene rings is 1. The fourth-order valence-electron chi connectivity index (χ4n) is 1.69. The molecule has 1 aromatic heterocycles. The van der Waals surface area contributed by atoms with Gasteiger partial charge in [-0.15, -0.1) is 0 Å². The monoisotopic (exact) mass is 233 g/mol. The Balaban J connectivity index is 2.38. The van der Waals surface area contributed by atoms with Crippen LogP contribution in [0.2, 0.25) is 0 Å². The van der Waals surface area contributed by atoms with Crippen LogP contribution >= 0.6 is 0 Å². The number of aromatic amines is 1. The molecule has 0 saturated heterocycles. The zero-order valence-corrected chi connectivity index (χ0v) is 9.81. The van der Waals surface area contributed by atoms with E-state index in [0.717, 1.165) is 16.9 Å². The summed E-state index contributed by atoms with van der Waals surface area (Å²) in [5, 5.41) is 6.63. The molecule has 3 N–H and O–H groups in total. The molecule has 0 aliphatic carbocycles. The van der Waals surface area contributed by atoms with Crippen LogP contribution in [0.1, 0.15) is 17.2 Å². The van der Waals surface area contributed by atoms with Gasteiger partial charge in [0.25, 0.3) is 0 Å². The van der Waals surface area contributed by atoms with Gasteiger partial charge in [0.15, 0.2) is 0 Å². The third kappa shape index (κ3) is 2.24. The molecule has 0 aliphatic rings. The molecule has 17 heavy (non-hydrogen) atoms. The topological polar surface area (TPSA) is 73.2 Å². The second kappa shape index (κ2) is 4.88. The normalized spacial score (nSPS) is 12.2. The fraction of sp³-hybridized carbons (Fsp3) is 0.250. The van der Waals surface area contributed by atoms with Crippen molar-refractivity contribution in [2.75, 3.05) is 14.2 Å². The van der Waals surface area contributed by atoms with Crippen molar-refractivity contribution in [3.05, 3.63) is 41.7 Å². The van der Waals surface area contributed by atoms with Crippen LogP contribution in [0.15, 0.2) is 30.6 Å². The summed E-state index contributed by atoms with van der Waals surface area (Å²) in [7, 11) is 3.23. The minimum Gasteiger partial charge on any atom is -0.497 e. The third-order valence-corrected chi connectivity index (χ3v) is 2.65. The van der Waals surface area contributed by atoms with Crippen molar-refractivity contribution >= 4 is 0 Å². The highest BCUT2D eigenvalue weighted by atomic mass is 16.5. The first-order chi connectivity index (χ1) is 8.26. The van der Waals surface area contributed by atoms with Gasteiger partial charge in [0.2, 0.25) is 0 Å². The van der Waals surface area contributed by atoms with E-state index in [1.807, 2.05) is 18.2 Å². The summed E-state index contributed by atoms with van der Waals surface area (Å²) in [6.07, 6.45) is 3.47. The van der Waals surface area contributed by atoms with Gasteiger partial charge in [-0.1, -0.05) is 0 Å². The van der Waals surface area contributed by atoms with Crippen molar-refractivity contribution in [3.8, 4) is 11.5 Å². The summed E-state index contributed by atoms with van der Waals surface area (Å²) in [6, 6.07) is 5.30. The van der Waals surface area contributed by atoms with E-state index in [1.165, 1.54) is 0 Å². The van der Waals surface area contributed by atoms with Gasteiger partial charge in [0, 0.05) is 23.4 Å². The van der Waals surface area contributed by atoms with Crippen LogP contribution in [0.3, 0.4) is 0 Å². The summed E-state index contributed by atoms with van der Waals surface area (Å²) in [5.74, 6) is 1.45. The van der Waals surface area contributed by atoms with Gasteiger partial charge in [-0.2, -0.15) is 5.10 Å². The number of hydrogen-bond acceptors (Lipinski definition) is 4. The smallest absolute Gasteiger partial charge is 0.127 e. The molecule has 0 fully saturated rings. The maximum atomic E-state index is 6.15. The second-order valence-corrected chi connectivity index (χ2v) is 3.62. The molecule has 0 amide bonds. The zero-order valence-electron chi connectivity index (χ0n) is 9.81. The fourth-order valence-corrected chi connectivity index (χ4v) is 1.69. The minimum absolute atomic E-state index is 0.269. The van der Waals surface area contributed by atoms with Crippen molar-refractivity contribution in [1.82, 2.24) is 10.2 Å². The molecular formula is C12H15N3O2. The first-order valence-corrected chi connectivity index (χ1v) is 5.22. The largest absolute Gasteiger partial charge is 0.497 e. The van der Waals surface area contributed by atoms with E-state index in [4.69, 9.17) is 15.2 Å². The SMILES string of the molecule is COc1ccc(C(N)c2cn[nH]c2)c(OC)c1. The summed E-state index contributed by atoms with van der Waals surface area (Å²) < 4.78 is 10.5. The quantitative estimate of drug-likeness (QED) is 0.838. The predicted octanol–water partition coefficient (Wildman–Crippen LogP) is 1.47. The number of ether oxygens (including phenoxy) is 2. The van der Waals surface area contributed by atoms with E-state index >= 15 is 0 Å². The van der Waals surface area contributed by atoms with Crippen LogP contribution in [0.5, 0.6) is 11.5 Å². The number of hydrogen-bond donors (Lipinski definition) is 2. The Kier molecular flexibility index (Phi) is 3.30. The summed E-state index contributed by atoms with van der Waals surface area (Å²) in [5.41, 5.74) is 7.96. The molecule has 1 unspecified atom stereocenters. The Hall–Kier alpha value is -2.01. The van der Waals surface area contributed by atoms with E-state index in [0.29, 0.717) is 5.75 Å². The number of rotatable bonds is 4. The predicted molar refractivity (Wildman–Crippen MR) is 64.2 cm³/mol. The van der Waals surface area contributed by atoms with Crippen LogP contribution in [0.4, 0.5) is 0 Å². The molecular weight excluding hydrogens is 218 g/mol. The Bertz CT molecular complexity index is 483. The molecule has 0 aliphatic heterocycles. The highest BCUT2D eigenvalue weighted by Gasteiger charge is 2.15. The van der Waals surface area contributed by atoms with Crippen LogP contribution in [-0.4, -0.2) is 24.4 Å². The average Bonchev–Trinajstić information content (AvgIpc) is 2.91. The number of methoxy groups -OCH3 is 2. The molecule has 2 rings (SSSR count). The Labute approximate surface area is 99.5 Å². The van der Waals surface area contributed by atoms with E-state index < -0.39 is 0 Å². The second-order valence-electron chi connectivity index (χ2n) is 3.62. The third-order valence-electron chi connectivity index (χ3n) is 2.65. The summed E-state index contributed by atoms with van der Waals surface area (Å²) >= 11 is 0.